The first-order valence-corrected chi connectivity index (χ1v) is 5.03. The minimum absolute atomic E-state index is 0.0950. The van der Waals surface area contributed by atoms with Crippen molar-refractivity contribution in [2.75, 3.05) is 5.73 Å². The van der Waals surface area contributed by atoms with Crippen molar-refractivity contribution in [2.24, 2.45) is 0 Å². The highest BCUT2D eigenvalue weighted by molar-refractivity contribution is 5.40. The molecule has 4 heteroatoms. The SMILES string of the molecule is Cc1cnn(Cc2cccc(N)c2)c(=O)c1. The lowest BCUT2D eigenvalue weighted by atomic mass is 10.2. The summed E-state index contributed by atoms with van der Waals surface area (Å²) >= 11 is 0. The molecule has 16 heavy (non-hydrogen) atoms. The van der Waals surface area contributed by atoms with E-state index >= 15 is 0 Å². The van der Waals surface area contributed by atoms with Crippen molar-refractivity contribution in [3.05, 3.63) is 58.0 Å². The number of nitrogens with two attached hydrogens (primary N) is 1. The molecular formula is C12H13N3O. The number of nitrogens with zero attached hydrogens (tertiary/aromatic N) is 2. The normalized spacial score (nSPS) is 10.3. The molecule has 4 nitrogen and oxygen atoms in total. The number of aromatic nitrogens is 2. The fourth-order valence-corrected chi connectivity index (χ4v) is 1.51. The Morgan fingerprint density at radius 1 is 1.38 bits per heavy atom. The minimum atomic E-state index is -0.0950. The smallest absolute Gasteiger partial charge is 0.267 e. The monoisotopic (exact) mass is 215 g/mol. The molecule has 1 aromatic heterocycles. The van der Waals surface area contributed by atoms with Gasteiger partial charge in [0.25, 0.3) is 5.56 Å². The summed E-state index contributed by atoms with van der Waals surface area (Å²) in [6, 6.07) is 9.01. The second kappa shape index (κ2) is 4.18. The van der Waals surface area contributed by atoms with E-state index in [1.165, 1.54) is 4.68 Å². The zero-order chi connectivity index (χ0) is 11.5. The van der Waals surface area contributed by atoms with Gasteiger partial charge in [0.05, 0.1) is 12.7 Å². The number of benzene rings is 1. The van der Waals surface area contributed by atoms with Gasteiger partial charge in [0.15, 0.2) is 0 Å². The van der Waals surface area contributed by atoms with E-state index < -0.39 is 0 Å². The molecule has 2 rings (SSSR count). The third kappa shape index (κ3) is 2.28. The summed E-state index contributed by atoms with van der Waals surface area (Å²) in [4.78, 5) is 11.6. The number of aryl methyl sites for hydroxylation is 1. The van der Waals surface area contributed by atoms with Crippen LogP contribution in [0.25, 0.3) is 0 Å². The van der Waals surface area contributed by atoms with Crippen molar-refractivity contribution in [3.8, 4) is 0 Å². The van der Waals surface area contributed by atoms with Crippen LogP contribution in [0.4, 0.5) is 5.69 Å². The van der Waals surface area contributed by atoms with E-state index in [2.05, 4.69) is 5.10 Å². The molecule has 0 unspecified atom stereocenters. The second-order valence-electron chi connectivity index (χ2n) is 3.77. The van der Waals surface area contributed by atoms with Crippen molar-refractivity contribution in [1.29, 1.82) is 0 Å². The first-order valence-electron chi connectivity index (χ1n) is 5.03. The Labute approximate surface area is 93.3 Å². The standard InChI is InChI=1S/C12H13N3O/c1-9-5-12(16)15(14-7-9)8-10-3-2-4-11(13)6-10/h2-7H,8,13H2,1H3. The van der Waals surface area contributed by atoms with Gasteiger partial charge in [-0.05, 0) is 30.2 Å². The van der Waals surface area contributed by atoms with Gasteiger partial charge in [-0.25, -0.2) is 4.68 Å². The maximum atomic E-state index is 11.6. The molecule has 2 N–H and O–H groups in total. The molecule has 0 amide bonds. The summed E-state index contributed by atoms with van der Waals surface area (Å²) in [6.07, 6.45) is 1.67. The fourth-order valence-electron chi connectivity index (χ4n) is 1.51. The van der Waals surface area contributed by atoms with Crippen molar-refractivity contribution in [1.82, 2.24) is 9.78 Å². The molecule has 0 aliphatic carbocycles. The number of hydrogen-bond acceptors (Lipinski definition) is 3. The van der Waals surface area contributed by atoms with Gasteiger partial charge < -0.3 is 5.73 Å². The molecule has 0 saturated heterocycles. The van der Waals surface area contributed by atoms with Crippen LogP contribution in [0.2, 0.25) is 0 Å². The largest absolute Gasteiger partial charge is 0.399 e. The first-order chi connectivity index (χ1) is 7.65. The predicted octanol–water partition coefficient (Wildman–Crippen LogP) is 1.18. The van der Waals surface area contributed by atoms with Gasteiger partial charge >= 0.3 is 0 Å². The molecule has 0 aliphatic heterocycles. The second-order valence-corrected chi connectivity index (χ2v) is 3.77. The van der Waals surface area contributed by atoms with Gasteiger partial charge in [-0.15, -0.1) is 0 Å². The summed E-state index contributed by atoms with van der Waals surface area (Å²) in [5.41, 5.74) is 8.10. The van der Waals surface area contributed by atoms with Gasteiger partial charge in [-0.3, -0.25) is 4.79 Å². The number of rotatable bonds is 2. The minimum Gasteiger partial charge on any atom is -0.399 e. The molecular weight excluding hydrogens is 202 g/mol. The highest BCUT2D eigenvalue weighted by Crippen LogP contribution is 2.06. The quantitative estimate of drug-likeness (QED) is 0.765. The molecule has 0 atom stereocenters. The Morgan fingerprint density at radius 2 is 2.19 bits per heavy atom. The Hall–Kier alpha value is -2.10. The van der Waals surface area contributed by atoms with E-state index in [0.29, 0.717) is 12.2 Å². The van der Waals surface area contributed by atoms with Gasteiger partial charge in [0, 0.05) is 11.8 Å². The maximum absolute atomic E-state index is 11.6. The molecule has 0 radical (unpaired) electrons. The van der Waals surface area contributed by atoms with Crippen molar-refractivity contribution < 1.29 is 0 Å². The van der Waals surface area contributed by atoms with Crippen LogP contribution in [-0.2, 0) is 6.54 Å². The Morgan fingerprint density at radius 3 is 2.88 bits per heavy atom. The van der Waals surface area contributed by atoms with E-state index in [0.717, 1.165) is 11.1 Å². The van der Waals surface area contributed by atoms with Crippen LogP contribution in [0.3, 0.4) is 0 Å². The number of nitrogen functional groups attached to an aromatic ring is 1. The zero-order valence-electron chi connectivity index (χ0n) is 9.05. The molecule has 82 valence electrons. The maximum Gasteiger partial charge on any atom is 0.267 e. The summed E-state index contributed by atoms with van der Waals surface area (Å²) in [7, 11) is 0. The lowest BCUT2D eigenvalue weighted by molar-refractivity contribution is 0.636. The van der Waals surface area contributed by atoms with Crippen molar-refractivity contribution in [3.63, 3.8) is 0 Å². The molecule has 0 spiro atoms. The average molecular weight is 215 g/mol. The molecule has 2 aromatic rings. The molecule has 0 bridgehead atoms. The lowest BCUT2D eigenvalue weighted by Gasteiger charge is -2.05. The average Bonchev–Trinajstić information content (AvgIpc) is 2.22. The first kappa shape index (κ1) is 10.4. The van der Waals surface area contributed by atoms with Crippen LogP contribution in [0, 0.1) is 6.92 Å². The Balaban J connectivity index is 2.31. The van der Waals surface area contributed by atoms with Gasteiger partial charge in [-0.1, -0.05) is 12.1 Å². The van der Waals surface area contributed by atoms with E-state index in [9.17, 15) is 4.79 Å². The van der Waals surface area contributed by atoms with Crippen LogP contribution < -0.4 is 11.3 Å². The van der Waals surface area contributed by atoms with Crippen LogP contribution in [0.1, 0.15) is 11.1 Å². The molecule has 1 heterocycles. The summed E-state index contributed by atoms with van der Waals surface area (Å²) in [5.74, 6) is 0. The van der Waals surface area contributed by atoms with Crippen LogP contribution >= 0.6 is 0 Å². The third-order valence-corrected chi connectivity index (χ3v) is 2.29. The Bertz CT molecular complexity index is 560. The highest BCUT2D eigenvalue weighted by Gasteiger charge is 1.99. The summed E-state index contributed by atoms with van der Waals surface area (Å²) < 4.78 is 1.42. The van der Waals surface area contributed by atoms with Gasteiger partial charge in [-0.2, -0.15) is 5.10 Å². The molecule has 0 saturated carbocycles. The number of anilines is 1. The van der Waals surface area contributed by atoms with E-state index in [4.69, 9.17) is 5.73 Å². The fraction of sp³-hybridized carbons (Fsp3) is 0.167. The van der Waals surface area contributed by atoms with E-state index in [-0.39, 0.29) is 5.56 Å². The lowest BCUT2D eigenvalue weighted by Crippen LogP contribution is -2.22. The van der Waals surface area contributed by atoms with Gasteiger partial charge in [0.2, 0.25) is 0 Å². The molecule has 1 aromatic carbocycles. The number of hydrogen-bond donors (Lipinski definition) is 1. The van der Waals surface area contributed by atoms with E-state index in [1.54, 1.807) is 12.3 Å². The van der Waals surface area contributed by atoms with Gasteiger partial charge in [0.1, 0.15) is 0 Å². The van der Waals surface area contributed by atoms with Crippen molar-refractivity contribution >= 4 is 5.69 Å². The summed E-state index contributed by atoms with van der Waals surface area (Å²) in [6.45, 7) is 2.30. The highest BCUT2D eigenvalue weighted by atomic mass is 16.1. The van der Waals surface area contributed by atoms with Crippen molar-refractivity contribution in [2.45, 2.75) is 13.5 Å². The third-order valence-electron chi connectivity index (χ3n) is 2.29. The predicted molar refractivity (Wildman–Crippen MR) is 63.2 cm³/mol. The summed E-state index contributed by atoms with van der Waals surface area (Å²) in [5, 5.41) is 4.07. The molecule has 0 fully saturated rings. The zero-order valence-corrected chi connectivity index (χ0v) is 9.05. The van der Waals surface area contributed by atoms with Crippen LogP contribution in [0.5, 0.6) is 0 Å². The Kier molecular flexibility index (Phi) is 2.72. The molecule has 0 aliphatic rings. The van der Waals surface area contributed by atoms with Crippen LogP contribution in [-0.4, -0.2) is 9.78 Å². The van der Waals surface area contributed by atoms with Crippen LogP contribution in [0.15, 0.2) is 41.3 Å². The topological polar surface area (TPSA) is 60.9 Å². The van der Waals surface area contributed by atoms with E-state index in [1.807, 2.05) is 31.2 Å².